The molecular weight excluding hydrogens is 446 g/mol. The Kier molecular flexibility index (Phi) is 6.82. The van der Waals surface area contributed by atoms with Gasteiger partial charge in [-0.3, -0.25) is 19.2 Å². The highest BCUT2D eigenvalue weighted by Gasteiger charge is 2.22. The lowest BCUT2D eigenvalue weighted by Crippen LogP contribution is -2.52. The summed E-state index contributed by atoms with van der Waals surface area (Å²) in [5.41, 5.74) is 1.57. The fourth-order valence-corrected chi connectivity index (χ4v) is 5.17. The Balaban J connectivity index is 1.31. The molecule has 0 aliphatic heterocycles. The van der Waals surface area contributed by atoms with Crippen LogP contribution in [-0.4, -0.2) is 57.3 Å². The number of fused-ring (bicyclic) bond motifs is 3. The average molecular weight is 472 g/mol. The highest BCUT2D eigenvalue weighted by atomic mass is 32.1. The topological polar surface area (TPSA) is 162 Å². The van der Waals surface area contributed by atoms with Crippen LogP contribution in [0.1, 0.15) is 34.8 Å². The maximum absolute atomic E-state index is 12.5. The lowest BCUT2D eigenvalue weighted by molar-refractivity contribution is -0.129. The number of H-pyrrole nitrogens is 2. The monoisotopic (exact) mass is 471 g/mol. The molecule has 0 radical (unpaired) electrons. The third-order valence-electron chi connectivity index (χ3n) is 5.52. The highest BCUT2D eigenvalue weighted by molar-refractivity contribution is 7.18. The summed E-state index contributed by atoms with van der Waals surface area (Å²) in [5.74, 6) is -0.656. The van der Waals surface area contributed by atoms with E-state index in [1.807, 2.05) is 0 Å². The predicted octanol–water partition coefficient (Wildman–Crippen LogP) is -0.281. The summed E-state index contributed by atoms with van der Waals surface area (Å²) in [6.07, 6.45) is 6.33. The standard InChI is InChI=1S/C21H25N7O4S/c1-22-19(31)13(26-17(30)7-11-8-23-10-25-11)9-24-16(29)6-5-15-27-20(32)18-12-3-2-4-14(12)33-21(18)28-15/h8,10,13H,2-7,9H2,1H3,(H,22,31)(H,23,25)(H,24,29)(H,26,30)(H,27,28,32)/t13-/m0/s1. The summed E-state index contributed by atoms with van der Waals surface area (Å²) < 4.78 is 0. The summed E-state index contributed by atoms with van der Waals surface area (Å²) in [5, 5.41) is 8.43. The lowest BCUT2D eigenvalue weighted by atomic mass is 10.2. The molecule has 0 fully saturated rings. The van der Waals surface area contributed by atoms with Gasteiger partial charge in [0.25, 0.3) is 5.56 Å². The average Bonchev–Trinajstić information content (AvgIpc) is 3.52. The molecule has 0 aromatic carbocycles. The Hall–Kier alpha value is -3.54. The maximum atomic E-state index is 12.5. The molecule has 3 amide bonds. The number of likely N-dealkylation sites (N-methyl/N-ethyl adjacent to an activating group) is 1. The molecule has 1 atom stereocenters. The quantitative estimate of drug-likeness (QED) is 0.288. The second-order valence-electron chi connectivity index (χ2n) is 7.84. The van der Waals surface area contributed by atoms with E-state index in [4.69, 9.17) is 0 Å². The van der Waals surface area contributed by atoms with E-state index in [0.29, 0.717) is 16.9 Å². The van der Waals surface area contributed by atoms with Crippen molar-refractivity contribution in [2.24, 2.45) is 0 Å². The highest BCUT2D eigenvalue weighted by Crippen LogP contribution is 2.34. The van der Waals surface area contributed by atoms with Gasteiger partial charge >= 0.3 is 0 Å². The SMILES string of the molecule is CNC(=O)[C@H](CNC(=O)CCc1nc2sc3c(c2c(=O)[nH]1)CCC3)NC(=O)Cc1cnc[nH]1. The van der Waals surface area contributed by atoms with Crippen LogP contribution in [0.25, 0.3) is 10.2 Å². The smallest absolute Gasteiger partial charge is 0.259 e. The van der Waals surface area contributed by atoms with Crippen LogP contribution in [0.15, 0.2) is 17.3 Å². The number of hydrogen-bond acceptors (Lipinski definition) is 7. The van der Waals surface area contributed by atoms with Gasteiger partial charge in [-0.15, -0.1) is 11.3 Å². The second-order valence-corrected chi connectivity index (χ2v) is 8.93. The van der Waals surface area contributed by atoms with Crippen molar-refractivity contribution in [1.29, 1.82) is 0 Å². The molecular formula is C21H25N7O4S. The van der Waals surface area contributed by atoms with Gasteiger partial charge in [-0.2, -0.15) is 0 Å². The number of imidazole rings is 1. The summed E-state index contributed by atoms with van der Waals surface area (Å²) in [6.45, 7) is -0.0617. The molecule has 0 saturated heterocycles. The Morgan fingerprint density at radius 3 is 2.85 bits per heavy atom. The molecule has 0 saturated carbocycles. The van der Waals surface area contributed by atoms with Gasteiger partial charge in [0, 0.05) is 43.2 Å². The second kappa shape index (κ2) is 9.94. The van der Waals surface area contributed by atoms with Crippen molar-refractivity contribution in [1.82, 2.24) is 35.9 Å². The third-order valence-corrected chi connectivity index (χ3v) is 6.71. The maximum Gasteiger partial charge on any atom is 0.259 e. The third kappa shape index (κ3) is 5.28. The zero-order chi connectivity index (χ0) is 23.4. The van der Waals surface area contributed by atoms with Crippen LogP contribution in [0.5, 0.6) is 0 Å². The molecule has 3 aromatic rings. The van der Waals surface area contributed by atoms with Gasteiger partial charge in [0.2, 0.25) is 17.7 Å². The molecule has 1 aliphatic rings. The van der Waals surface area contributed by atoms with E-state index in [0.717, 1.165) is 29.7 Å². The first-order valence-corrected chi connectivity index (χ1v) is 11.5. The minimum absolute atomic E-state index is 0.0368. The van der Waals surface area contributed by atoms with Crippen LogP contribution in [-0.2, 0) is 40.1 Å². The number of rotatable bonds is 9. The van der Waals surface area contributed by atoms with Gasteiger partial charge in [-0.25, -0.2) is 9.97 Å². The number of thiophene rings is 1. The van der Waals surface area contributed by atoms with E-state index in [1.54, 1.807) is 11.3 Å². The van der Waals surface area contributed by atoms with Crippen LogP contribution in [0.4, 0.5) is 0 Å². The first kappa shape index (κ1) is 22.6. The molecule has 3 aromatic heterocycles. The normalized spacial score (nSPS) is 13.5. The van der Waals surface area contributed by atoms with Crippen LogP contribution < -0.4 is 21.5 Å². The van der Waals surface area contributed by atoms with E-state index >= 15 is 0 Å². The molecule has 0 spiro atoms. The minimum Gasteiger partial charge on any atom is -0.357 e. The summed E-state index contributed by atoms with van der Waals surface area (Å²) in [7, 11) is 1.46. The predicted molar refractivity (Wildman–Crippen MR) is 122 cm³/mol. The van der Waals surface area contributed by atoms with E-state index in [1.165, 1.54) is 24.4 Å². The molecule has 5 N–H and O–H groups in total. The van der Waals surface area contributed by atoms with Crippen LogP contribution >= 0.6 is 11.3 Å². The summed E-state index contributed by atoms with van der Waals surface area (Å²) in [4.78, 5) is 65.1. The lowest BCUT2D eigenvalue weighted by Gasteiger charge is -2.17. The van der Waals surface area contributed by atoms with Gasteiger partial charge in [-0.05, 0) is 24.8 Å². The minimum atomic E-state index is -0.919. The van der Waals surface area contributed by atoms with Crippen LogP contribution in [0.3, 0.4) is 0 Å². The summed E-state index contributed by atoms with van der Waals surface area (Å²) >= 11 is 1.55. The number of hydrogen-bond donors (Lipinski definition) is 5. The zero-order valence-corrected chi connectivity index (χ0v) is 18.9. The molecule has 3 heterocycles. The Labute approximate surface area is 192 Å². The molecule has 0 unspecified atom stereocenters. The molecule has 11 nitrogen and oxygen atoms in total. The van der Waals surface area contributed by atoms with Crippen LogP contribution in [0, 0.1) is 0 Å². The van der Waals surface area contributed by atoms with Gasteiger partial charge < -0.3 is 25.9 Å². The number of aromatic nitrogens is 4. The van der Waals surface area contributed by atoms with Crippen molar-refractivity contribution >= 4 is 39.3 Å². The van der Waals surface area contributed by atoms with Crippen molar-refractivity contribution in [2.75, 3.05) is 13.6 Å². The van der Waals surface area contributed by atoms with Crippen molar-refractivity contribution in [3.05, 3.63) is 44.8 Å². The first-order chi connectivity index (χ1) is 15.9. The number of aryl methyl sites for hydroxylation is 3. The molecule has 0 bridgehead atoms. The van der Waals surface area contributed by atoms with E-state index in [2.05, 4.69) is 35.9 Å². The molecule has 12 heteroatoms. The fourth-order valence-electron chi connectivity index (χ4n) is 3.88. The number of nitrogens with one attached hydrogen (secondary N) is 5. The van der Waals surface area contributed by atoms with E-state index < -0.39 is 11.9 Å². The number of carbonyl (C=O) groups excluding carboxylic acids is 3. The largest absolute Gasteiger partial charge is 0.357 e. The van der Waals surface area contributed by atoms with Crippen molar-refractivity contribution in [2.45, 2.75) is 44.6 Å². The van der Waals surface area contributed by atoms with Crippen molar-refractivity contribution in [3.63, 3.8) is 0 Å². The molecule has 33 heavy (non-hydrogen) atoms. The van der Waals surface area contributed by atoms with Gasteiger partial charge in [0.05, 0.1) is 18.1 Å². The molecule has 1 aliphatic carbocycles. The van der Waals surface area contributed by atoms with Crippen molar-refractivity contribution in [3.8, 4) is 0 Å². The Bertz CT molecular complexity index is 1230. The summed E-state index contributed by atoms with van der Waals surface area (Å²) in [6, 6.07) is -0.919. The van der Waals surface area contributed by atoms with Gasteiger partial charge in [0.1, 0.15) is 16.7 Å². The number of nitrogens with zero attached hydrogens (tertiary/aromatic N) is 2. The number of carbonyl (C=O) groups is 3. The van der Waals surface area contributed by atoms with E-state index in [9.17, 15) is 19.2 Å². The van der Waals surface area contributed by atoms with Gasteiger partial charge in [0.15, 0.2) is 0 Å². The van der Waals surface area contributed by atoms with E-state index in [-0.39, 0.29) is 43.2 Å². The first-order valence-electron chi connectivity index (χ1n) is 10.7. The fraction of sp³-hybridized carbons (Fsp3) is 0.429. The van der Waals surface area contributed by atoms with Gasteiger partial charge in [-0.1, -0.05) is 0 Å². The number of amides is 3. The molecule has 4 rings (SSSR count). The molecule has 174 valence electrons. The van der Waals surface area contributed by atoms with Crippen molar-refractivity contribution < 1.29 is 14.4 Å². The number of aromatic amines is 2. The zero-order valence-electron chi connectivity index (χ0n) is 18.1. The Morgan fingerprint density at radius 1 is 1.24 bits per heavy atom. The van der Waals surface area contributed by atoms with Crippen LogP contribution in [0.2, 0.25) is 0 Å². The Morgan fingerprint density at radius 2 is 2.09 bits per heavy atom.